The van der Waals surface area contributed by atoms with Crippen molar-refractivity contribution in [1.82, 2.24) is 15.0 Å². The molecule has 4 N–H and O–H groups in total. The van der Waals surface area contributed by atoms with Gasteiger partial charge in [-0.2, -0.15) is 0 Å². The average molecular weight is 361 g/mol. The predicted octanol–water partition coefficient (Wildman–Crippen LogP) is 4.56. The van der Waals surface area contributed by atoms with E-state index in [1.807, 2.05) is 19.1 Å². The fourth-order valence-electron chi connectivity index (χ4n) is 2.05. The molecular formula is C16H14Cl2N6. The number of aryl methyl sites for hydroxylation is 1. The summed E-state index contributed by atoms with van der Waals surface area (Å²) in [6.07, 6.45) is 3.11. The van der Waals surface area contributed by atoms with Crippen molar-refractivity contribution in [3.63, 3.8) is 0 Å². The van der Waals surface area contributed by atoms with Crippen LogP contribution in [0.15, 0.2) is 42.9 Å². The van der Waals surface area contributed by atoms with Crippen molar-refractivity contribution in [2.24, 2.45) is 0 Å². The Kier molecular flexibility index (Phi) is 4.69. The molecule has 0 aliphatic rings. The smallest absolute Gasteiger partial charge is 0.160 e. The van der Waals surface area contributed by atoms with Gasteiger partial charge in [0.1, 0.15) is 17.8 Å². The number of hydrogen-bond donors (Lipinski definition) is 3. The quantitative estimate of drug-likeness (QED) is 0.632. The van der Waals surface area contributed by atoms with Crippen molar-refractivity contribution in [2.75, 3.05) is 16.4 Å². The van der Waals surface area contributed by atoms with Crippen LogP contribution in [0.2, 0.25) is 10.0 Å². The molecular weight excluding hydrogens is 347 g/mol. The average Bonchev–Trinajstić information content (AvgIpc) is 2.55. The van der Waals surface area contributed by atoms with E-state index in [0.29, 0.717) is 38.9 Å². The number of hydrogen-bond acceptors (Lipinski definition) is 6. The van der Waals surface area contributed by atoms with Crippen LogP contribution in [-0.4, -0.2) is 15.0 Å². The second-order valence-corrected chi connectivity index (χ2v) is 5.84. The molecule has 122 valence electrons. The number of nitrogens with one attached hydrogen (secondary N) is 2. The molecule has 3 rings (SSSR count). The number of pyridine rings is 1. The topological polar surface area (TPSA) is 88.8 Å². The van der Waals surface area contributed by atoms with E-state index in [1.54, 1.807) is 24.4 Å². The fraction of sp³-hybridized carbons (Fsp3) is 0.0625. The van der Waals surface area contributed by atoms with Crippen LogP contribution in [0, 0.1) is 6.92 Å². The van der Waals surface area contributed by atoms with Crippen molar-refractivity contribution >= 4 is 52.0 Å². The van der Waals surface area contributed by atoms with E-state index in [2.05, 4.69) is 25.6 Å². The Morgan fingerprint density at radius 1 is 1.00 bits per heavy atom. The van der Waals surface area contributed by atoms with Crippen LogP contribution in [-0.2, 0) is 0 Å². The fourth-order valence-corrected chi connectivity index (χ4v) is 2.40. The number of anilines is 5. The minimum atomic E-state index is 0.344. The molecule has 0 amide bonds. The highest BCUT2D eigenvalue weighted by atomic mass is 35.5. The Labute approximate surface area is 149 Å². The number of nitrogens with zero attached hydrogens (tertiary/aromatic N) is 3. The lowest BCUT2D eigenvalue weighted by Crippen LogP contribution is -2.06. The maximum atomic E-state index is 6.18. The van der Waals surface area contributed by atoms with E-state index in [4.69, 9.17) is 28.9 Å². The summed E-state index contributed by atoms with van der Waals surface area (Å²) in [5.41, 5.74) is 8.17. The lowest BCUT2D eigenvalue weighted by molar-refractivity contribution is 1.16. The molecule has 2 heterocycles. The first-order valence-electron chi connectivity index (χ1n) is 7.06. The molecule has 0 aliphatic heterocycles. The van der Waals surface area contributed by atoms with Gasteiger partial charge in [0.25, 0.3) is 0 Å². The van der Waals surface area contributed by atoms with Crippen LogP contribution in [0.1, 0.15) is 5.56 Å². The van der Waals surface area contributed by atoms with Gasteiger partial charge in [-0.1, -0.05) is 29.3 Å². The minimum Gasteiger partial charge on any atom is -0.393 e. The SMILES string of the molecule is Cc1ccnc(Nc2ncnc(Nc3cccc(Cl)c3Cl)c2N)c1. The zero-order valence-electron chi connectivity index (χ0n) is 12.7. The van der Waals surface area contributed by atoms with Gasteiger partial charge in [0, 0.05) is 6.20 Å². The molecule has 0 fully saturated rings. The molecule has 0 bridgehead atoms. The summed E-state index contributed by atoms with van der Waals surface area (Å²) in [6.45, 7) is 1.98. The highest BCUT2D eigenvalue weighted by molar-refractivity contribution is 6.43. The Morgan fingerprint density at radius 2 is 1.75 bits per heavy atom. The van der Waals surface area contributed by atoms with Gasteiger partial charge in [-0.25, -0.2) is 15.0 Å². The Bertz CT molecular complexity index is 884. The summed E-state index contributed by atoms with van der Waals surface area (Å²) < 4.78 is 0. The summed E-state index contributed by atoms with van der Waals surface area (Å²) >= 11 is 12.2. The molecule has 3 aromatic rings. The lowest BCUT2D eigenvalue weighted by atomic mass is 10.3. The third kappa shape index (κ3) is 3.50. The molecule has 8 heteroatoms. The molecule has 0 atom stereocenters. The lowest BCUT2D eigenvalue weighted by Gasteiger charge is -2.13. The maximum Gasteiger partial charge on any atom is 0.160 e. The number of nitrogen functional groups attached to an aromatic ring is 1. The molecule has 2 aromatic heterocycles. The van der Waals surface area contributed by atoms with Crippen LogP contribution < -0.4 is 16.4 Å². The second-order valence-electron chi connectivity index (χ2n) is 5.05. The number of nitrogens with two attached hydrogens (primary N) is 1. The monoisotopic (exact) mass is 360 g/mol. The summed E-state index contributed by atoms with van der Waals surface area (Å²) in [4.78, 5) is 12.5. The summed E-state index contributed by atoms with van der Waals surface area (Å²) in [5, 5.41) is 6.98. The van der Waals surface area contributed by atoms with Gasteiger partial charge >= 0.3 is 0 Å². The molecule has 0 radical (unpaired) electrons. The zero-order valence-corrected chi connectivity index (χ0v) is 14.2. The molecule has 0 saturated carbocycles. The first-order valence-corrected chi connectivity index (χ1v) is 7.81. The number of benzene rings is 1. The second kappa shape index (κ2) is 6.90. The van der Waals surface area contributed by atoms with E-state index in [0.717, 1.165) is 5.56 Å². The van der Waals surface area contributed by atoms with Gasteiger partial charge < -0.3 is 16.4 Å². The molecule has 0 unspecified atom stereocenters. The molecule has 1 aromatic carbocycles. The van der Waals surface area contributed by atoms with Crippen molar-refractivity contribution in [1.29, 1.82) is 0 Å². The third-order valence-corrected chi connectivity index (χ3v) is 4.07. The number of aromatic nitrogens is 3. The van der Waals surface area contributed by atoms with E-state index >= 15 is 0 Å². The van der Waals surface area contributed by atoms with Crippen molar-refractivity contribution in [3.8, 4) is 0 Å². The summed E-state index contributed by atoms with van der Waals surface area (Å²) in [7, 11) is 0. The van der Waals surface area contributed by atoms with Crippen LogP contribution in [0.3, 0.4) is 0 Å². The predicted molar refractivity (Wildman–Crippen MR) is 98.4 cm³/mol. The first-order chi connectivity index (χ1) is 11.5. The molecule has 0 saturated heterocycles. The van der Waals surface area contributed by atoms with E-state index < -0.39 is 0 Å². The Hall–Kier alpha value is -2.57. The van der Waals surface area contributed by atoms with Gasteiger partial charge in [-0.05, 0) is 36.8 Å². The highest BCUT2D eigenvalue weighted by Gasteiger charge is 2.11. The molecule has 0 spiro atoms. The first kappa shape index (κ1) is 16.3. The van der Waals surface area contributed by atoms with Crippen LogP contribution in [0.5, 0.6) is 0 Å². The minimum absolute atomic E-state index is 0.344. The molecule has 6 nitrogen and oxygen atoms in total. The van der Waals surface area contributed by atoms with Crippen LogP contribution in [0.4, 0.5) is 28.8 Å². The summed E-state index contributed by atoms with van der Waals surface area (Å²) in [5.74, 6) is 1.51. The van der Waals surface area contributed by atoms with Gasteiger partial charge in [-0.15, -0.1) is 0 Å². The number of rotatable bonds is 4. The van der Waals surface area contributed by atoms with Gasteiger partial charge in [0.2, 0.25) is 0 Å². The van der Waals surface area contributed by atoms with Crippen molar-refractivity contribution < 1.29 is 0 Å². The number of halogens is 2. The van der Waals surface area contributed by atoms with Crippen molar-refractivity contribution in [2.45, 2.75) is 6.92 Å². The van der Waals surface area contributed by atoms with Crippen molar-refractivity contribution in [3.05, 3.63) is 58.5 Å². The normalized spacial score (nSPS) is 10.5. The zero-order chi connectivity index (χ0) is 17.1. The standard InChI is InChI=1S/C16H14Cl2N6/c1-9-5-6-20-12(7-9)24-16-14(19)15(21-8-22-16)23-11-4-2-3-10(17)13(11)18/h2-8H,19H2,1H3,(H2,20,21,22,23,24). The van der Waals surface area contributed by atoms with Gasteiger partial charge in [0.05, 0.1) is 15.7 Å². The van der Waals surface area contributed by atoms with E-state index in [9.17, 15) is 0 Å². The maximum absolute atomic E-state index is 6.18. The van der Waals surface area contributed by atoms with Gasteiger partial charge in [0.15, 0.2) is 11.6 Å². The molecule has 0 aliphatic carbocycles. The van der Waals surface area contributed by atoms with Crippen LogP contribution in [0.25, 0.3) is 0 Å². The van der Waals surface area contributed by atoms with Crippen LogP contribution >= 0.6 is 23.2 Å². The largest absolute Gasteiger partial charge is 0.393 e. The Morgan fingerprint density at radius 3 is 2.50 bits per heavy atom. The van der Waals surface area contributed by atoms with E-state index in [-0.39, 0.29) is 0 Å². The molecule has 24 heavy (non-hydrogen) atoms. The third-order valence-electron chi connectivity index (χ3n) is 3.25. The Balaban J connectivity index is 1.89. The van der Waals surface area contributed by atoms with Gasteiger partial charge in [-0.3, -0.25) is 0 Å². The van der Waals surface area contributed by atoms with E-state index in [1.165, 1.54) is 6.33 Å². The highest BCUT2D eigenvalue weighted by Crippen LogP contribution is 2.34. The summed E-state index contributed by atoms with van der Waals surface area (Å²) in [6, 6.07) is 9.06.